The van der Waals surface area contributed by atoms with Crippen molar-refractivity contribution in [2.45, 2.75) is 13.5 Å². The number of rotatable bonds is 8. The van der Waals surface area contributed by atoms with Crippen LogP contribution in [0.15, 0.2) is 48.5 Å². The number of likely N-dealkylation sites (N-methyl/N-ethyl adjacent to an activating group) is 1. The average Bonchev–Trinajstić information content (AvgIpc) is 3.08. The average molecular weight is 414 g/mol. The van der Waals surface area contributed by atoms with Crippen LogP contribution in [-0.4, -0.2) is 53.0 Å². The molecule has 2 aromatic carbocycles. The minimum Gasteiger partial charge on any atom is -0.492 e. The molecule has 0 saturated carbocycles. The maximum atomic E-state index is 12.5. The summed E-state index contributed by atoms with van der Waals surface area (Å²) in [6, 6.07) is 14.9. The summed E-state index contributed by atoms with van der Waals surface area (Å²) in [5.74, 6) is 0.532. The number of aromatic nitrogens is 3. The van der Waals surface area contributed by atoms with E-state index < -0.39 is 0 Å². The van der Waals surface area contributed by atoms with Crippen molar-refractivity contribution in [1.29, 1.82) is 0 Å². The smallest absolute Gasteiger partial charge is 0.274 e. The Morgan fingerprint density at radius 2 is 1.97 bits per heavy atom. The predicted octanol–water partition coefficient (Wildman–Crippen LogP) is 3.10. The fourth-order valence-electron chi connectivity index (χ4n) is 2.71. The van der Waals surface area contributed by atoms with E-state index in [9.17, 15) is 4.79 Å². The van der Waals surface area contributed by atoms with E-state index in [1.165, 1.54) is 0 Å². The minimum atomic E-state index is -0.276. The van der Waals surface area contributed by atoms with Crippen LogP contribution < -0.4 is 10.1 Å². The summed E-state index contributed by atoms with van der Waals surface area (Å²) in [6.45, 7) is 3.67. The number of carbonyl (C=O) groups is 1. The molecule has 0 aliphatic heterocycles. The van der Waals surface area contributed by atoms with Crippen LogP contribution in [0.5, 0.6) is 5.75 Å². The van der Waals surface area contributed by atoms with Gasteiger partial charge < -0.3 is 15.0 Å². The number of hydrogen-bond donors (Lipinski definition) is 1. The second kappa shape index (κ2) is 9.54. The molecule has 0 spiro atoms. The van der Waals surface area contributed by atoms with Crippen LogP contribution in [0.4, 0.5) is 0 Å². The standard InChI is InChI=1S/C21H24ClN5O2/c1-15-20(24-25-27(15)18-6-4-5-17(22)13-18)21(28)23-14-16-7-9-19(10-8-16)29-12-11-26(2)3/h4-10,13H,11-12,14H2,1-3H3,(H,23,28). The molecule has 29 heavy (non-hydrogen) atoms. The van der Waals surface area contributed by atoms with Gasteiger partial charge in [0, 0.05) is 18.1 Å². The molecule has 0 saturated heterocycles. The van der Waals surface area contributed by atoms with E-state index in [2.05, 4.69) is 20.5 Å². The summed E-state index contributed by atoms with van der Waals surface area (Å²) >= 11 is 6.04. The van der Waals surface area contributed by atoms with Gasteiger partial charge in [-0.05, 0) is 56.9 Å². The molecule has 8 heteroatoms. The van der Waals surface area contributed by atoms with Gasteiger partial charge >= 0.3 is 0 Å². The number of carbonyl (C=O) groups excluding carboxylic acids is 1. The lowest BCUT2D eigenvalue weighted by atomic mass is 10.2. The largest absolute Gasteiger partial charge is 0.492 e. The lowest BCUT2D eigenvalue weighted by Gasteiger charge is -2.11. The van der Waals surface area contributed by atoms with Gasteiger partial charge in [-0.3, -0.25) is 4.79 Å². The molecule has 0 radical (unpaired) electrons. The van der Waals surface area contributed by atoms with Crippen molar-refractivity contribution in [2.24, 2.45) is 0 Å². The lowest BCUT2D eigenvalue weighted by molar-refractivity contribution is 0.0945. The maximum absolute atomic E-state index is 12.5. The van der Waals surface area contributed by atoms with E-state index in [0.717, 1.165) is 23.5 Å². The fourth-order valence-corrected chi connectivity index (χ4v) is 2.89. The van der Waals surface area contributed by atoms with Crippen LogP contribution in [-0.2, 0) is 6.54 Å². The lowest BCUT2D eigenvalue weighted by Crippen LogP contribution is -2.24. The number of amides is 1. The summed E-state index contributed by atoms with van der Waals surface area (Å²) in [7, 11) is 4.01. The molecule has 0 unspecified atom stereocenters. The number of nitrogens with one attached hydrogen (secondary N) is 1. The van der Waals surface area contributed by atoms with Gasteiger partial charge in [0.05, 0.1) is 11.4 Å². The van der Waals surface area contributed by atoms with E-state index >= 15 is 0 Å². The summed E-state index contributed by atoms with van der Waals surface area (Å²) in [5.41, 5.74) is 2.66. The minimum absolute atomic E-state index is 0.276. The van der Waals surface area contributed by atoms with Gasteiger partial charge in [0.15, 0.2) is 5.69 Å². The number of nitrogens with zero attached hydrogens (tertiary/aromatic N) is 4. The third-order valence-electron chi connectivity index (χ3n) is 4.35. The monoisotopic (exact) mass is 413 g/mol. The molecule has 1 amide bonds. The summed E-state index contributed by atoms with van der Waals surface area (Å²) in [6.07, 6.45) is 0. The Morgan fingerprint density at radius 3 is 2.66 bits per heavy atom. The van der Waals surface area contributed by atoms with Crippen LogP contribution in [0, 0.1) is 6.92 Å². The van der Waals surface area contributed by atoms with Gasteiger partial charge in [0.25, 0.3) is 5.91 Å². The predicted molar refractivity (Wildman–Crippen MR) is 113 cm³/mol. The second-order valence-corrected chi connectivity index (χ2v) is 7.33. The molecule has 152 valence electrons. The first kappa shape index (κ1) is 20.8. The normalized spacial score (nSPS) is 10.9. The number of halogens is 1. The molecule has 1 aromatic heterocycles. The van der Waals surface area contributed by atoms with Gasteiger partial charge in [0.2, 0.25) is 0 Å². The molecule has 3 rings (SSSR count). The van der Waals surface area contributed by atoms with Crippen molar-refractivity contribution in [3.63, 3.8) is 0 Å². The van der Waals surface area contributed by atoms with Crippen molar-refractivity contribution >= 4 is 17.5 Å². The zero-order chi connectivity index (χ0) is 20.8. The number of benzene rings is 2. The Labute approximate surface area is 175 Å². The molecule has 0 aliphatic rings. The maximum Gasteiger partial charge on any atom is 0.274 e. The quantitative estimate of drug-likeness (QED) is 0.614. The Morgan fingerprint density at radius 1 is 1.21 bits per heavy atom. The Hall–Kier alpha value is -2.90. The first-order valence-corrected chi connectivity index (χ1v) is 9.65. The van der Waals surface area contributed by atoms with Gasteiger partial charge in [-0.1, -0.05) is 35.0 Å². The highest BCUT2D eigenvalue weighted by atomic mass is 35.5. The molecule has 0 fully saturated rings. The van der Waals surface area contributed by atoms with Crippen molar-refractivity contribution in [3.05, 3.63) is 70.5 Å². The highest BCUT2D eigenvalue weighted by molar-refractivity contribution is 6.30. The molecule has 1 N–H and O–H groups in total. The SMILES string of the molecule is Cc1c(C(=O)NCc2ccc(OCCN(C)C)cc2)nnn1-c1cccc(Cl)c1. The van der Waals surface area contributed by atoms with E-state index in [0.29, 0.717) is 23.9 Å². The summed E-state index contributed by atoms with van der Waals surface area (Å²) in [4.78, 5) is 14.6. The van der Waals surface area contributed by atoms with Crippen molar-refractivity contribution in [3.8, 4) is 11.4 Å². The molecule has 0 atom stereocenters. The van der Waals surface area contributed by atoms with Crippen LogP contribution in [0.25, 0.3) is 5.69 Å². The molecule has 7 nitrogen and oxygen atoms in total. The first-order valence-electron chi connectivity index (χ1n) is 9.27. The van der Waals surface area contributed by atoms with Crippen LogP contribution in [0.3, 0.4) is 0 Å². The zero-order valence-electron chi connectivity index (χ0n) is 16.7. The van der Waals surface area contributed by atoms with E-state index in [1.54, 1.807) is 23.7 Å². The summed E-state index contributed by atoms with van der Waals surface area (Å²) < 4.78 is 7.27. The number of ether oxygens (including phenoxy) is 1. The molecule has 0 aliphatic carbocycles. The van der Waals surface area contributed by atoms with Gasteiger partial charge in [0.1, 0.15) is 12.4 Å². The third-order valence-corrected chi connectivity index (χ3v) is 4.58. The Bertz CT molecular complexity index is 969. The van der Waals surface area contributed by atoms with Crippen molar-refractivity contribution < 1.29 is 9.53 Å². The van der Waals surface area contributed by atoms with Crippen molar-refractivity contribution in [1.82, 2.24) is 25.2 Å². The van der Waals surface area contributed by atoms with Gasteiger partial charge in [-0.2, -0.15) is 0 Å². The summed E-state index contributed by atoms with van der Waals surface area (Å²) in [5, 5.41) is 11.6. The van der Waals surface area contributed by atoms with Gasteiger partial charge in [-0.25, -0.2) is 4.68 Å². The molecule has 0 bridgehead atoms. The first-order chi connectivity index (χ1) is 13.9. The molecular weight excluding hydrogens is 390 g/mol. The number of hydrogen-bond acceptors (Lipinski definition) is 5. The van der Waals surface area contributed by atoms with E-state index in [-0.39, 0.29) is 11.6 Å². The second-order valence-electron chi connectivity index (χ2n) is 6.89. The van der Waals surface area contributed by atoms with E-state index in [1.807, 2.05) is 50.5 Å². The fraction of sp³-hybridized carbons (Fsp3) is 0.286. The van der Waals surface area contributed by atoms with Crippen LogP contribution in [0.1, 0.15) is 21.7 Å². The molecule has 1 heterocycles. The molecule has 3 aromatic rings. The van der Waals surface area contributed by atoms with Crippen LogP contribution >= 0.6 is 11.6 Å². The Kier molecular flexibility index (Phi) is 6.85. The van der Waals surface area contributed by atoms with Crippen molar-refractivity contribution in [2.75, 3.05) is 27.2 Å². The molecular formula is C21H24ClN5O2. The topological polar surface area (TPSA) is 72.3 Å². The zero-order valence-corrected chi connectivity index (χ0v) is 17.5. The Balaban J connectivity index is 1.58. The van der Waals surface area contributed by atoms with E-state index in [4.69, 9.17) is 16.3 Å². The van der Waals surface area contributed by atoms with Gasteiger partial charge in [-0.15, -0.1) is 5.10 Å². The van der Waals surface area contributed by atoms with Crippen LogP contribution in [0.2, 0.25) is 5.02 Å². The highest BCUT2D eigenvalue weighted by Crippen LogP contribution is 2.17. The highest BCUT2D eigenvalue weighted by Gasteiger charge is 2.17. The third kappa shape index (κ3) is 5.56.